The van der Waals surface area contributed by atoms with Crippen molar-refractivity contribution in [2.24, 2.45) is 4.99 Å². The molecule has 0 bridgehead atoms. The Morgan fingerprint density at radius 2 is 1.96 bits per heavy atom. The molecule has 2 aromatic rings. The minimum atomic E-state index is -0.473. The van der Waals surface area contributed by atoms with Crippen molar-refractivity contribution in [2.75, 3.05) is 13.2 Å². The van der Waals surface area contributed by atoms with Gasteiger partial charge in [0.05, 0.1) is 6.61 Å². The van der Waals surface area contributed by atoms with Crippen molar-refractivity contribution in [3.05, 3.63) is 77.0 Å². The molecule has 5 heteroatoms. The molecule has 0 radical (unpaired) electrons. The number of carbonyl (C=O) groups is 1. The smallest absolute Gasteiger partial charge is 0.363 e. The zero-order valence-electron chi connectivity index (χ0n) is 16.3. The summed E-state index contributed by atoms with van der Waals surface area (Å²) < 4.78 is 16.7. The Hall–Kier alpha value is -3.34. The topological polar surface area (TPSA) is 57.1 Å². The summed E-state index contributed by atoms with van der Waals surface area (Å²) in [7, 11) is 0. The van der Waals surface area contributed by atoms with E-state index in [1.165, 1.54) is 0 Å². The Morgan fingerprint density at radius 1 is 1.18 bits per heavy atom. The highest BCUT2D eigenvalue weighted by Crippen LogP contribution is 2.30. The van der Waals surface area contributed by atoms with Gasteiger partial charge in [0.25, 0.3) is 0 Å². The molecule has 3 rings (SSSR count). The number of esters is 1. The van der Waals surface area contributed by atoms with Crippen LogP contribution in [0.1, 0.15) is 30.5 Å². The Labute approximate surface area is 165 Å². The van der Waals surface area contributed by atoms with Crippen LogP contribution in [0.15, 0.2) is 65.3 Å². The summed E-state index contributed by atoms with van der Waals surface area (Å²) in [5, 5.41) is 0. The summed E-state index contributed by atoms with van der Waals surface area (Å²) in [5.41, 5.74) is 3.73. The number of hydrogen-bond donors (Lipinski definition) is 0. The number of cyclic esters (lactones) is 1. The zero-order valence-corrected chi connectivity index (χ0v) is 16.3. The van der Waals surface area contributed by atoms with Gasteiger partial charge in [0.2, 0.25) is 5.90 Å². The van der Waals surface area contributed by atoms with Gasteiger partial charge in [-0.2, -0.15) is 0 Å². The molecule has 2 aromatic carbocycles. The fraction of sp³-hybridized carbons (Fsp3) is 0.217. The predicted molar refractivity (Wildman–Crippen MR) is 110 cm³/mol. The lowest BCUT2D eigenvalue weighted by Crippen LogP contribution is -2.06. The van der Waals surface area contributed by atoms with Crippen molar-refractivity contribution < 1.29 is 19.0 Å². The lowest BCUT2D eigenvalue weighted by atomic mass is 10.1. The van der Waals surface area contributed by atoms with Gasteiger partial charge >= 0.3 is 5.97 Å². The molecular weight excluding hydrogens is 354 g/mol. The molecule has 28 heavy (non-hydrogen) atoms. The van der Waals surface area contributed by atoms with Crippen LogP contribution in [-0.4, -0.2) is 25.1 Å². The van der Waals surface area contributed by atoms with Gasteiger partial charge in [-0.1, -0.05) is 30.8 Å². The normalized spacial score (nSPS) is 14.6. The monoisotopic (exact) mass is 377 g/mol. The number of ether oxygens (including phenoxy) is 3. The Bertz CT molecular complexity index is 972. The SMILES string of the molecule is C=C(C)COc1ccc(/C=C2\N=C(c3ccccc3C)OC2=O)cc1OCC. The first-order valence-electron chi connectivity index (χ1n) is 9.10. The van der Waals surface area contributed by atoms with Crippen molar-refractivity contribution in [3.63, 3.8) is 0 Å². The van der Waals surface area contributed by atoms with Gasteiger partial charge in [-0.3, -0.25) is 0 Å². The molecule has 0 aliphatic carbocycles. The second kappa shape index (κ2) is 8.57. The van der Waals surface area contributed by atoms with E-state index in [1.807, 2.05) is 63.2 Å². The van der Waals surface area contributed by atoms with Crippen LogP contribution >= 0.6 is 0 Å². The number of aliphatic imine (C=N–C) groups is 1. The standard InChI is InChI=1S/C23H23NO4/c1-5-26-21-13-17(10-11-20(21)27-14-15(2)3)12-19-23(25)28-22(24-19)18-9-7-6-8-16(18)4/h6-13H,2,5,14H2,1,3-4H3/b19-12-. The summed E-state index contributed by atoms with van der Waals surface area (Å²) in [4.78, 5) is 16.6. The van der Waals surface area contributed by atoms with Crippen LogP contribution in [0.25, 0.3) is 6.08 Å². The van der Waals surface area contributed by atoms with Crippen molar-refractivity contribution in [1.82, 2.24) is 0 Å². The van der Waals surface area contributed by atoms with Gasteiger partial charge in [-0.15, -0.1) is 0 Å². The summed E-state index contributed by atoms with van der Waals surface area (Å²) in [5.74, 6) is 1.08. The quantitative estimate of drug-likeness (QED) is 0.399. The van der Waals surface area contributed by atoms with Crippen molar-refractivity contribution in [1.29, 1.82) is 0 Å². The average Bonchev–Trinajstić information content (AvgIpc) is 3.02. The van der Waals surface area contributed by atoms with Crippen molar-refractivity contribution in [2.45, 2.75) is 20.8 Å². The highest BCUT2D eigenvalue weighted by atomic mass is 16.6. The lowest BCUT2D eigenvalue weighted by molar-refractivity contribution is -0.129. The summed E-state index contributed by atoms with van der Waals surface area (Å²) >= 11 is 0. The maximum Gasteiger partial charge on any atom is 0.363 e. The van der Waals surface area contributed by atoms with E-state index >= 15 is 0 Å². The second-order valence-electron chi connectivity index (χ2n) is 6.54. The second-order valence-corrected chi connectivity index (χ2v) is 6.54. The zero-order chi connectivity index (χ0) is 20.1. The first-order chi connectivity index (χ1) is 13.5. The molecule has 0 fully saturated rings. The minimum absolute atomic E-state index is 0.247. The third-order valence-electron chi connectivity index (χ3n) is 4.04. The minimum Gasteiger partial charge on any atom is -0.490 e. The van der Waals surface area contributed by atoms with Gasteiger partial charge in [0, 0.05) is 5.56 Å². The molecule has 1 aliphatic heterocycles. The van der Waals surface area contributed by atoms with Gasteiger partial charge in [0.1, 0.15) is 6.61 Å². The summed E-state index contributed by atoms with van der Waals surface area (Å²) in [6, 6.07) is 13.1. The Kier molecular flexibility index (Phi) is 5.94. The van der Waals surface area contributed by atoms with Gasteiger partial charge in [-0.05, 0) is 61.7 Å². The molecule has 144 valence electrons. The fourth-order valence-electron chi connectivity index (χ4n) is 2.70. The van der Waals surface area contributed by atoms with E-state index in [0.717, 1.165) is 22.3 Å². The maximum atomic E-state index is 12.3. The van der Waals surface area contributed by atoms with Crippen molar-refractivity contribution in [3.8, 4) is 11.5 Å². The highest BCUT2D eigenvalue weighted by Gasteiger charge is 2.25. The van der Waals surface area contributed by atoms with Crippen molar-refractivity contribution >= 4 is 17.9 Å². The van der Waals surface area contributed by atoms with E-state index in [4.69, 9.17) is 14.2 Å². The molecule has 0 unspecified atom stereocenters. The Balaban J connectivity index is 1.89. The van der Waals surface area contributed by atoms with Gasteiger partial charge in [0.15, 0.2) is 17.2 Å². The molecule has 1 aliphatic rings. The highest BCUT2D eigenvalue weighted by molar-refractivity contribution is 6.13. The van der Waals surface area contributed by atoms with Crippen LogP contribution in [0.5, 0.6) is 11.5 Å². The van der Waals surface area contributed by atoms with Crippen LogP contribution in [0.4, 0.5) is 0 Å². The lowest BCUT2D eigenvalue weighted by Gasteiger charge is -2.12. The molecule has 0 saturated carbocycles. The van der Waals surface area contributed by atoms with Crippen LogP contribution in [-0.2, 0) is 9.53 Å². The summed E-state index contributed by atoms with van der Waals surface area (Å²) in [6.07, 6.45) is 1.68. The van der Waals surface area contributed by atoms with E-state index in [-0.39, 0.29) is 5.70 Å². The third-order valence-corrected chi connectivity index (χ3v) is 4.04. The molecule has 0 amide bonds. The first kappa shape index (κ1) is 19.4. The predicted octanol–water partition coefficient (Wildman–Crippen LogP) is 4.69. The van der Waals surface area contributed by atoms with E-state index in [0.29, 0.717) is 30.6 Å². The number of benzene rings is 2. The first-order valence-corrected chi connectivity index (χ1v) is 9.10. The number of hydrogen-bond acceptors (Lipinski definition) is 5. The number of carbonyl (C=O) groups excluding carboxylic acids is 1. The molecule has 1 heterocycles. The van der Waals surface area contributed by atoms with E-state index in [1.54, 1.807) is 6.08 Å². The number of aryl methyl sites for hydroxylation is 1. The molecule has 0 N–H and O–H groups in total. The molecule has 0 spiro atoms. The Morgan fingerprint density at radius 3 is 2.68 bits per heavy atom. The van der Waals surface area contributed by atoms with E-state index in [2.05, 4.69) is 11.6 Å². The number of nitrogens with zero attached hydrogens (tertiary/aromatic N) is 1. The van der Waals surface area contributed by atoms with Crippen LogP contribution in [0.3, 0.4) is 0 Å². The molecule has 5 nitrogen and oxygen atoms in total. The van der Waals surface area contributed by atoms with Crippen LogP contribution < -0.4 is 9.47 Å². The molecule has 0 saturated heterocycles. The van der Waals surface area contributed by atoms with E-state index < -0.39 is 5.97 Å². The van der Waals surface area contributed by atoms with Gasteiger partial charge < -0.3 is 14.2 Å². The van der Waals surface area contributed by atoms with Crippen LogP contribution in [0.2, 0.25) is 0 Å². The fourth-order valence-corrected chi connectivity index (χ4v) is 2.70. The number of rotatable bonds is 7. The molecule has 0 aromatic heterocycles. The molecule has 0 atom stereocenters. The van der Waals surface area contributed by atoms with Gasteiger partial charge in [-0.25, -0.2) is 9.79 Å². The van der Waals surface area contributed by atoms with Crippen LogP contribution in [0, 0.1) is 6.92 Å². The maximum absolute atomic E-state index is 12.3. The largest absolute Gasteiger partial charge is 0.490 e. The molecular formula is C23H23NO4. The van der Waals surface area contributed by atoms with E-state index in [9.17, 15) is 4.79 Å². The average molecular weight is 377 g/mol. The third kappa shape index (κ3) is 4.49. The summed E-state index contributed by atoms with van der Waals surface area (Å²) in [6.45, 7) is 10.5.